The molecule has 2 saturated heterocycles. The van der Waals surface area contributed by atoms with Gasteiger partial charge < -0.3 is 10.0 Å². The van der Waals surface area contributed by atoms with Crippen molar-refractivity contribution in [2.24, 2.45) is 0 Å². The van der Waals surface area contributed by atoms with Crippen LogP contribution in [0.25, 0.3) is 0 Å². The summed E-state index contributed by atoms with van der Waals surface area (Å²) in [5.41, 5.74) is 0. The molecule has 1 N–H and O–H groups in total. The number of aliphatic hydroxyl groups excluding tert-OH is 1. The lowest BCUT2D eigenvalue weighted by molar-refractivity contribution is -0.132. The average molecular weight is 223 g/mol. The van der Waals surface area contributed by atoms with Gasteiger partial charge in [0.2, 0.25) is 5.91 Å². The molecule has 5 nitrogen and oxygen atoms in total. The first-order valence-electron chi connectivity index (χ1n) is 5.80. The normalized spacial score (nSPS) is 30.6. The Balaban J connectivity index is 1.86. The minimum Gasteiger partial charge on any atom is -0.392 e. The average Bonchev–Trinajstić information content (AvgIpc) is 2.86. The number of amides is 1. The van der Waals surface area contributed by atoms with Gasteiger partial charge in [0.1, 0.15) is 6.04 Å². The van der Waals surface area contributed by atoms with E-state index in [1.165, 1.54) is 0 Å². The van der Waals surface area contributed by atoms with Crippen molar-refractivity contribution < 1.29 is 9.90 Å². The topological polar surface area (TPSA) is 67.6 Å². The molecule has 0 saturated carbocycles. The molecule has 0 spiro atoms. The number of rotatable bonds is 2. The number of carbonyl (C=O) groups excluding carboxylic acids is 1. The van der Waals surface area contributed by atoms with Gasteiger partial charge in [-0.25, -0.2) is 0 Å². The van der Waals surface area contributed by atoms with E-state index in [1.807, 2.05) is 4.90 Å². The molecule has 0 bridgehead atoms. The van der Waals surface area contributed by atoms with E-state index in [2.05, 4.69) is 6.07 Å². The van der Waals surface area contributed by atoms with Crippen molar-refractivity contribution in [2.45, 2.75) is 31.4 Å². The Kier molecular flexibility index (Phi) is 3.42. The molecule has 88 valence electrons. The third-order valence-electron chi connectivity index (χ3n) is 3.33. The van der Waals surface area contributed by atoms with Crippen molar-refractivity contribution in [2.75, 3.05) is 26.2 Å². The molecule has 0 aromatic heterocycles. The van der Waals surface area contributed by atoms with Gasteiger partial charge in [-0.1, -0.05) is 0 Å². The zero-order chi connectivity index (χ0) is 11.5. The summed E-state index contributed by atoms with van der Waals surface area (Å²) in [6.45, 7) is 2.40. The summed E-state index contributed by atoms with van der Waals surface area (Å²) in [6.07, 6.45) is 2.17. The quantitative estimate of drug-likeness (QED) is 0.689. The van der Waals surface area contributed by atoms with E-state index >= 15 is 0 Å². The van der Waals surface area contributed by atoms with Crippen molar-refractivity contribution in [3.63, 3.8) is 0 Å². The standard InChI is InChI=1S/C11H17N3O2/c12-6-9-2-1-4-14(9)11(16)8-13-5-3-10(15)7-13/h9-10,15H,1-5,7-8H2. The first kappa shape index (κ1) is 11.4. The number of carbonyl (C=O) groups is 1. The highest BCUT2D eigenvalue weighted by molar-refractivity contribution is 5.79. The number of aliphatic hydroxyl groups is 1. The number of hydrogen-bond donors (Lipinski definition) is 1. The minimum absolute atomic E-state index is 0.0261. The Morgan fingerprint density at radius 3 is 2.88 bits per heavy atom. The molecule has 2 atom stereocenters. The van der Waals surface area contributed by atoms with E-state index in [9.17, 15) is 9.90 Å². The largest absolute Gasteiger partial charge is 0.392 e. The van der Waals surface area contributed by atoms with E-state index in [1.54, 1.807) is 4.90 Å². The molecular formula is C11H17N3O2. The van der Waals surface area contributed by atoms with Crippen LogP contribution in [0, 0.1) is 11.3 Å². The van der Waals surface area contributed by atoms with Crippen LogP contribution < -0.4 is 0 Å². The van der Waals surface area contributed by atoms with Crippen LogP contribution >= 0.6 is 0 Å². The molecule has 5 heteroatoms. The van der Waals surface area contributed by atoms with Crippen LogP contribution in [0.15, 0.2) is 0 Å². The zero-order valence-corrected chi connectivity index (χ0v) is 9.30. The predicted octanol–water partition coefficient (Wildman–Crippen LogP) is -0.432. The van der Waals surface area contributed by atoms with E-state index < -0.39 is 0 Å². The van der Waals surface area contributed by atoms with E-state index in [0.717, 1.165) is 25.8 Å². The molecule has 2 aliphatic rings. The highest BCUT2D eigenvalue weighted by atomic mass is 16.3. The van der Waals surface area contributed by atoms with E-state index in [4.69, 9.17) is 5.26 Å². The van der Waals surface area contributed by atoms with Crippen LogP contribution in [-0.4, -0.2) is 59.1 Å². The van der Waals surface area contributed by atoms with Crippen LogP contribution in [0.3, 0.4) is 0 Å². The number of likely N-dealkylation sites (tertiary alicyclic amines) is 2. The fourth-order valence-electron chi connectivity index (χ4n) is 2.44. The van der Waals surface area contributed by atoms with Gasteiger partial charge in [0.15, 0.2) is 0 Å². The maximum atomic E-state index is 11.9. The van der Waals surface area contributed by atoms with E-state index in [-0.39, 0.29) is 18.1 Å². The molecule has 0 radical (unpaired) electrons. The summed E-state index contributed by atoms with van der Waals surface area (Å²) in [5, 5.41) is 18.2. The van der Waals surface area contributed by atoms with Crippen molar-refractivity contribution in [3.05, 3.63) is 0 Å². The van der Waals surface area contributed by atoms with Crippen molar-refractivity contribution in [1.29, 1.82) is 5.26 Å². The Morgan fingerprint density at radius 1 is 1.44 bits per heavy atom. The van der Waals surface area contributed by atoms with Crippen molar-refractivity contribution in [1.82, 2.24) is 9.80 Å². The van der Waals surface area contributed by atoms with E-state index in [0.29, 0.717) is 19.6 Å². The highest BCUT2D eigenvalue weighted by Gasteiger charge is 2.30. The van der Waals surface area contributed by atoms with Gasteiger partial charge in [-0.2, -0.15) is 5.26 Å². The number of nitrogens with zero attached hydrogens (tertiary/aromatic N) is 3. The van der Waals surface area contributed by atoms with Crippen molar-refractivity contribution >= 4 is 5.91 Å². The molecule has 2 heterocycles. The van der Waals surface area contributed by atoms with Gasteiger partial charge in [-0.3, -0.25) is 9.69 Å². The summed E-state index contributed by atoms with van der Waals surface area (Å²) < 4.78 is 0. The summed E-state index contributed by atoms with van der Waals surface area (Å²) in [7, 11) is 0. The van der Waals surface area contributed by atoms with Gasteiger partial charge in [-0.15, -0.1) is 0 Å². The maximum Gasteiger partial charge on any atom is 0.237 e. The Morgan fingerprint density at radius 2 is 2.25 bits per heavy atom. The summed E-state index contributed by atoms with van der Waals surface area (Å²) in [5.74, 6) is 0.0261. The zero-order valence-electron chi connectivity index (χ0n) is 9.30. The van der Waals surface area contributed by atoms with Gasteiger partial charge in [0.25, 0.3) is 0 Å². The van der Waals surface area contributed by atoms with Crippen LogP contribution in [0.1, 0.15) is 19.3 Å². The van der Waals surface area contributed by atoms with Gasteiger partial charge in [0, 0.05) is 19.6 Å². The van der Waals surface area contributed by atoms with Gasteiger partial charge >= 0.3 is 0 Å². The molecule has 0 aromatic rings. The second-order valence-electron chi connectivity index (χ2n) is 4.55. The predicted molar refractivity (Wildman–Crippen MR) is 57.4 cm³/mol. The summed E-state index contributed by atoms with van der Waals surface area (Å²) in [4.78, 5) is 15.6. The fourth-order valence-corrected chi connectivity index (χ4v) is 2.44. The number of nitriles is 1. The lowest BCUT2D eigenvalue weighted by Gasteiger charge is -2.22. The number of hydrogen-bond acceptors (Lipinski definition) is 4. The Hall–Kier alpha value is -1.12. The molecule has 0 aromatic carbocycles. The molecule has 2 rings (SSSR count). The second-order valence-corrected chi connectivity index (χ2v) is 4.55. The molecular weight excluding hydrogens is 206 g/mol. The second kappa shape index (κ2) is 4.81. The third kappa shape index (κ3) is 2.34. The van der Waals surface area contributed by atoms with Crippen LogP contribution in [0.4, 0.5) is 0 Å². The molecule has 2 aliphatic heterocycles. The highest BCUT2D eigenvalue weighted by Crippen LogP contribution is 2.17. The lowest BCUT2D eigenvalue weighted by atomic mass is 10.2. The van der Waals surface area contributed by atoms with Gasteiger partial charge in [-0.05, 0) is 19.3 Å². The SMILES string of the molecule is N#CC1CCCN1C(=O)CN1CCC(O)C1. The van der Waals surface area contributed by atoms with Gasteiger partial charge in [0.05, 0.1) is 18.7 Å². The number of β-amino-alcohol motifs (C(OH)–C–C–N with tert-alkyl or cyclic N) is 1. The smallest absolute Gasteiger partial charge is 0.237 e. The molecule has 2 unspecified atom stereocenters. The van der Waals surface area contributed by atoms with Crippen LogP contribution in [0.2, 0.25) is 0 Å². The third-order valence-corrected chi connectivity index (χ3v) is 3.33. The minimum atomic E-state index is -0.293. The lowest BCUT2D eigenvalue weighted by Crippen LogP contribution is -2.41. The van der Waals surface area contributed by atoms with Crippen LogP contribution in [-0.2, 0) is 4.79 Å². The Bertz CT molecular complexity index is 313. The summed E-state index contributed by atoms with van der Waals surface area (Å²) in [6, 6.07) is 1.93. The molecule has 0 aliphatic carbocycles. The monoisotopic (exact) mass is 223 g/mol. The Labute approximate surface area is 95.2 Å². The van der Waals surface area contributed by atoms with Crippen molar-refractivity contribution in [3.8, 4) is 6.07 Å². The first-order chi connectivity index (χ1) is 7.70. The summed E-state index contributed by atoms with van der Waals surface area (Å²) >= 11 is 0. The maximum absolute atomic E-state index is 11.9. The first-order valence-corrected chi connectivity index (χ1v) is 5.80. The fraction of sp³-hybridized carbons (Fsp3) is 0.818. The van der Waals surface area contributed by atoms with Crippen LogP contribution in [0.5, 0.6) is 0 Å². The molecule has 16 heavy (non-hydrogen) atoms. The molecule has 2 fully saturated rings. The molecule has 1 amide bonds.